The molecular weight excluding hydrogens is 514 g/mol. The number of carbonyl (C=O) groups is 1. The number of hydrogen-bond acceptors (Lipinski definition) is 4. The number of carbonyl (C=O) groups excluding carboxylic acids is 1. The molecule has 0 spiro atoms. The molecule has 3 aromatic rings. The van der Waals surface area contributed by atoms with Gasteiger partial charge in [0.15, 0.2) is 0 Å². The molecule has 204 valence electrons. The Labute approximate surface area is 239 Å². The molecule has 0 radical (unpaired) electrons. The van der Waals surface area contributed by atoms with Crippen molar-refractivity contribution in [2.45, 2.75) is 50.4 Å². The van der Waals surface area contributed by atoms with Gasteiger partial charge in [-0.3, -0.25) is 4.79 Å². The number of benzene rings is 2. The normalized spacial score (nSPS) is 31.9. The van der Waals surface area contributed by atoms with E-state index in [1.54, 1.807) is 0 Å². The molecule has 1 amide bonds. The SMILES string of the molecule is O=C1N=C(C2CCNC2)SC1=Cc1cccn1-c1ccc(-c2ccc(O)c(C34CC5CC(CC(C5)C3)C4)c2)cc1. The lowest BCUT2D eigenvalue weighted by atomic mass is 9.48. The number of phenols is 1. The van der Waals surface area contributed by atoms with E-state index in [0.717, 1.165) is 59.3 Å². The highest BCUT2D eigenvalue weighted by molar-refractivity contribution is 8.18. The maximum absolute atomic E-state index is 12.6. The molecule has 9 rings (SSSR count). The lowest BCUT2D eigenvalue weighted by molar-refractivity contribution is -0.113. The van der Waals surface area contributed by atoms with Crippen LogP contribution in [0.5, 0.6) is 5.75 Å². The molecule has 6 heteroatoms. The van der Waals surface area contributed by atoms with Crippen molar-refractivity contribution in [1.82, 2.24) is 9.88 Å². The molecule has 4 bridgehead atoms. The predicted octanol–water partition coefficient (Wildman–Crippen LogP) is 6.94. The van der Waals surface area contributed by atoms with Crippen molar-refractivity contribution in [2.75, 3.05) is 13.1 Å². The van der Waals surface area contributed by atoms with E-state index in [1.807, 2.05) is 30.5 Å². The second-order valence-corrected chi connectivity index (χ2v) is 13.9. The Morgan fingerprint density at radius 3 is 2.40 bits per heavy atom. The number of amides is 1. The van der Waals surface area contributed by atoms with Crippen LogP contribution in [-0.4, -0.2) is 33.7 Å². The summed E-state index contributed by atoms with van der Waals surface area (Å²) in [7, 11) is 0. The second kappa shape index (κ2) is 9.49. The number of nitrogens with zero attached hydrogens (tertiary/aromatic N) is 2. The van der Waals surface area contributed by atoms with Crippen molar-refractivity contribution in [1.29, 1.82) is 0 Å². The molecule has 4 saturated carbocycles. The largest absolute Gasteiger partial charge is 0.508 e. The molecule has 2 aliphatic heterocycles. The van der Waals surface area contributed by atoms with Crippen molar-refractivity contribution in [3.63, 3.8) is 0 Å². The van der Waals surface area contributed by atoms with E-state index >= 15 is 0 Å². The van der Waals surface area contributed by atoms with Crippen molar-refractivity contribution in [3.8, 4) is 22.6 Å². The predicted molar refractivity (Wildman–Crippen MR) is 162 cm³/mol. The molecule has 2 aromatic carbocycles. The Kier molecular flexibility index (Phi) is 5.86. The van der Waals surface area contributed by atoms with Crippen molar-refractivity contribution >= 4 is 28.8 Å². The van der Waals surface area contributed by atoms with Crippen LogP contribution in [0.25, 0.3) is 22.9 Å². The highest BCUT2D eigenvalue weighted by atomic mass is 32.2. The van der Waals surface area contributed by atoms with Crippen LogP contribution >= 0.6 is 11.8 Å². The second-order valence-electron chi connectivity index (χ2n) is 12.8. The van der Waals surface area contributed by atoms with E-state index in [4.69, 9.17) is 0 Å². The molecule has 1 unspecified atom stereocenters. The first-order valence-electron chi connectivity index (χ1n) is 14.9. The number of phenolic OH excluding ortho intramolecular Hbond substituents is 1. The van der Waals surface area contributed by atoms with Crippen molar-refractivity contribution in [2.24, 2.45) is 28.7 Å². The van der Waals surface area contributed by atoms with E-state index in [-0.39, 0.29) is 11.3 Å². The highest BCUT2D eigenvalue weighted by Crippen LogP contribution is 2.62. The third-order valence-corrected chi connectivity index (χ3v) is 11.3. The molecule has 2 N–H and O–H groups in total. The highest BCUT2D eigenvalue weighted by Gasteiger charge is 2.52. The lowest BCUT2D eigenvalue weighted by Gasteiger charge is -2.57. The lowest BCUT2D eigenvalue weighted by Crippen LogP contribution is -2.48. The number of aromatic hydroxyl groups is 1. The van der Waals surface area contributed by atoms with Gasteiger partial charge in [0, 0.05) is 35.6 Å². The maximum Gasteiger partial charge on any atom is 0.284 e. The van der Waals surface area contributed by atoms with Gasteiger partial charge in [0.05, 0.1) is 9.95 Å². The summed E-state index contributed by atoms with van der Waals surface area (Å²) >= 11 is 1.53. The van der Waals surface area contributed by atoms with Crippen molar-refractivity contribution < 1.29 is 9.90 Å². The van der Waals surface area contributed by atoms with Crippen LogP contribution in [0.15, 0.2) is 70.7 Å². The van der Waals surface area contributed by atoms with E-state index in [9.17, 15) is 9.90 Å². The van der Waals surface area contributed by atoms with Crippen LogP contribution in [0.2, 0.25) is 0 Å². The van der Waals surface area contributed by atoms with Gasteiger partial charge in [0.2, 0.25) is 0 Å². The summed E-state index contributed by atoms with van der Waals surface area (Å²) in [5.74, 6) is 3.23. The molecule has 5 nitrogen and oxygen atoms in total. The van der Waals surface area contributed by atoms with Gasteiger partial charge in [-0.2, -0.15) is 0 Å². The number of nitrogens with one attached hydrogen (secondary N) is 1. The Hall–Kier alpha value is -3.09. The average molecular weight is 550 g/mol. The molecule has 5 fully saturated rings. The van der Waals surface area contributed by atoms with Crippen LogP contribution in [0.3, 0.4) is 0 Å². The average Bonchev–Trinajstić information content (AvgIpc) is 3.71. The maximum atomic E-state index is 12.6. The zero-order valence-electron chi connectivity index (χ0n) is 22.7. The smallest absolute Gasteiger partial charge is 0.284 e. The zero-order valence-corrected chi connectivity index (χ0v) is 23.5. The van der Waals surface area contributed by atoms with Gasteiger partial charge in [-0.25, -0.2) is 4.99 Å². The van der Waals surface area contributed by atoms with Crippen LogP contribution in [-0.2, 0) is 10.2 Å². The van der Waals surface area contributed by atoms with E-state index in [1.165, 1.54) is 61.4 Å². The van der Waals surface area contributed by atoms with Crippen molar-refractivity contribution in [3.05, 3.63) is 77.0 Å². The van der Waals surface area contributed by atoms with Gasteiger partial charge < -0.3 is 15.0 Å². The van der Waals surface area contributed by atoms with Gasteiger partial charge in [0.1, 0.15) is 5.75 Å². The quantitative estimate of drug-likeness (QED) is 0.338. The minimum atomic E-state index is -0.128. The van der Waals surface area contributed by atoms with Gasteiger partial charge in [0.25, 0.3) is 5.91 Å². The minimum absolute atomic E-state index is 0.128. The van der Waals surface area contributed by atoms with E-state index in [0.29, 0.717) is 16.6 Å². The molecule has 4 aliphatic carbocycles. The first kappa shape index (κ1) is 24.7. The monoisotopic (exact) mass is 549 g/mol. The number of thioether (sulfide) groups is 1. The van der Waals surface area contributed by atoms with E-state index < -0.39 is 0 Å². The van der Waals surface area contributed by atoms with Crippen LogP contribution in [0.4, 0.5) is 0 Å². The summed E-state index contributed by atoms with van der Waals surface area (Å²) in [6, 6.07) is 18.9. The summed E-state index contributed by atoms with van der Waals surface area (Å²) in [5, 5.41) is 15.3. The molecule has 6 aliphatic rings. The van der Waals surface area contributed by atoms with Gasteiger partial charge in [-0.15, -0.1) is 0 Å². The number of aliphatic imine (C=N–C) groups is 1. The Balaban J connectivity index is 1.05. The van der Waals surface area contributed by atoms with Crippen LogP contribution in [0, 0.1) is 23.7 Å². The van der Waals surface area contributed by atoms with Crippen LogP contribution < -0.4 is 5.32 Å². The van der Waals surface area contributed by atoms with Gasteiger partial charge in [-0.05, 0) is 128 Å². The first-order chi connectivity index (χ1) is 19.5. The Morgan fingerprint density at radius 1 is 0.975 bits per heavy atom. The fraction of sp³-hybridized carbons (Fsp3) is 0.412. The van der Waals surface area contributed by atoms with Gasteiger partial charge >= 0.3 is 0 Å². The summed E-state index contributed by atoms with van der Waals surface area (Å²) in [4.78, 5) is 17.7. The third kappa shape index (κ3) is 4.19. The van der Waals surface area contributed by atoms with Crippen LogP contribution in [0.1, 0.15) is 56.2 Å². The minimum Gasteiger partial charge on any atom is -0.508 e. The molecular formula is C34H35N3O2S. The topological polar surface area (TPSA) is 66.6 Å². The summed E-state index contributed by atoms with van der Waals surface area (Å²) in [6.45, 7) is 1.89. The van der Waals surface area contributed by atoms with Gasteiger partial charge in [-0.1, -0.05) is 30.0 Å². The molecule has 1 aromatic heterocycles. The number of hydrogen-bond donors (Lipinski definition) is 2. The Morgan fingerprint density at radius 2 is 1.70 bits per heavy atom. The fourth-order valence-corrected chi connectivity index (χ4v) is 9.78. The number of aromatic nitrogens is 1. The summed E-state index contributed by atoms with van der Waals surface area (Å²) in [6.07, 6.45) is 13.0. The van der Waals surface area contributed by atoms with E-state index in [2.05, 4.69) is 51.3 Å². The zero-order chi connectivity index (χ0) is 26.8. The molecule has 3 heterocycles. The fourth-order valence-electron chi connectivity index (χ4n) is 8.74. The molecule has 1 atom stereocenters. The first-order valence-corrected chi connectivity index (χ1v) is 15.7. The third-order valence-electron chi connectivity index (χ3n) is 10.2. The summed E-state index contributed by atoms with van der Waals surface area (Å²) < 4.78 is 2.12. The molecule has 1 saturated heterocycles. The standard InChI is InChI=1S/C34H35N3O2S/c38-30-8-5-25(15-29(30)34-17-21-12-22(18-34)14-23(13-21)19-34)24-3-6-27(7-4-24)37-11-1-2-28(37)16-31-32(39)36-33(40-31)26-9-10-35-20-26/h1-8,11,15-16,21-23,26,35,38H,9-10,12-14,17-20H2. The number of rotatable bonds is 5. The summed E-state index contributed by atoms with van der Waals surface area (Å²) in [5.41, 5.74) is 5.70. The Bertz CT molecular complexity index is 1510. The molecule has 40 heavy (non-hydrogen) atoms.